The van der Waals surface area contributed by atoms with Crippen molar-refractivity contribution in [2.24, 2.45) is 11.7 Å². The number of benzene rings is 2. The number of ether oxygens (including phenoxy) is 3. The first-order valence-electron chi connectivity index (χ1n) is 9.30. The van der Waals surface area contributed by atoms with E-state index in [0.717, 1.165) is 5.56 Å². The van der Waals surface area contributed by atoms with E-state index < -0.39 is 5.54 Å². The van der Waals surface area contributed by atoms with Gasteiger partial charge in [0.1, 0.15) is 6.61 Å². The van der Waals surface area contributed by atoms with Crippen molar-refractivity contribution in [2.75, 3.05) is 20.8 Å². The zero-order valence-electron chi connectivity index (χ0n) is 17.2. The lowest BCUT2D eigenvalue weighted by molar-refractivity contribution is 0.0882. The molecule has 3 N–H and O–H groups in total. The molecule has 0 fully saturated rings. The van der Waals surface area contributed by atoms with Gasteiger partial charge in [0.15, 0.2) is 11.5 Å². The lowest BCUT2D eigenvalue weighted by Gasteiger charge is -2.33. The number of amides is 1. The van der Waals surface area contributed by atoms with Crippen molar-refractivity contribution in [3.63, 3.8) is 0 Å². The fourth-order valence-corrected chi connectivity index (χ4v) is 2.65. The summed E-state index contributed by atoms with van der Waals surface area (Å²) in [5.41, 5.74) is 6.80. The number of nitrogens with one attached hydrogen (secondary N) is 1. The summed E-state index contributed by atoms with van der Waals surface area (Å²) in [7, 11) is 3.06. The molecule has 0 saturated carbocycles. The maximum Gasteiger partial charge on any atom is 0.252 e. The van der Waals surface area contributed by atoms with Crippen molar-refractivity contribution < 1.29 is 19.0 Å². The third kappa shape index (κ3) is 4.95. The van der Waals surface area contributed by atoms with E-state index in [2.05, 4.69) is 5.32 Å². The number of hydrogen-bond donors (Lipinski definition) is 2. The van der Waals surface area contributed by atoms with Gasteiger partial charge in [0, 0.05) is 12.1 Å². The minimum absolute atomic E-state index is 0.179. The summed E-state index contributed by atoms with van der Waals surface area (Å²) >= 11 is 0. The Morgan fingerprint density at radius 3 is 2.14 bits per heavy atom. The normalized spacial score (nSPS) is 13.0. The molecule has 1 unspecified atom stereocenters. The highest BCUT2D eigenvalue weighted by molar-refractivity contribution is 5.96. The molecule has 6 heteroatoms. The topological polar surface area (TPSA) is 82.8 Å². The summed E-state index contributed by atoms with van der Waals surface area (Å²) in [6, 6.07) is 13.1. The molecule has 0 aliphatic carbocycles. The van der Waals surface area contributed by atoms with Gasteiger partial charge in [-0.15, -0.1) is 0 Å². The smallest absolute Gasteiger partial charge is 0.252 e. The molecule has 0 aliphatic heterocycles. The molecule has 1 atom stereocenters. The molecule has 0 bridgehead atoms. The molecular formula is C22H30N2O4. The lowest BCUT2D eigenvalue weighted by Crippen LogP contribution is -2.55. The van der Waals surface area contributed by atoms with Crippen molar-refractivity contribution in [3.8, 4) is 17.2 Å². The van der Waals surface area contributed by atoms with Crippen LogP contribution in [-0.2, 0) is 6.61 Å². The Bertz CT molecular complexity index is 767. The maximum absolute atomic E-state index is 12.8. The Balaban J connectivity index is 2.29. The monoisotopic (exact) mass is 386 g/mol. The van der Waals surface area contributed by atoms with Crippen LogP contribution in [0.3, 0.4) is 0 Å². The van der Waals surface area contributed by atoms with Crippen LogP contribution < -0.4 is 25.3 Å². The molecule has 2 rings (SSSR count). The molecule has 6 nitrogen and oxygen atoms in total. The quantitative estimate of drug-likeness (QED) is 0.690. The van der Waals surface area contributed by atoms with Gasteiger partial charge in [0.05, 0.1) is 19.8 Å². The second kappa shape index (κ2) is 9.46. The second-order valence-corrected chi connectivity index (χ2v) is 7.21. The van der Waals surface area contributed by atoms with E-state index in [1.807, 2.05) is 51.1 Å². The van der Waals surface area contributed by atoms with Crippen LogP contribution in [0.2, 0.25) is 0 Å². The van der Waals surface area contributed by atoms with Gasteiger partial charge >= 0.3 is 0 Å². The molecule has 1 amide bonds. The zero-order chi connectivity index (χ0) is 20.7. The molecule has 152 valence electrons. The lowest BCUT2D eigenvalue weighted by atomic mass is 9.88. The van der Waals surface area contributed by atoms with E-state index in [0.29, 0.717) is 36.0 Å². The number of carbonyl (C=O) groups excluding carboxylic acids is 1. The first-order valence-corrected chi connectivity index (χ1v) is 9.30. The summed E-state index contributed by atoms with van der Waals surface area (Å²) < 4.78 is 16.9. The van der Waals surface area contributed by atoms with Crippen molar-refractivity contribution in [3.05, 3.63) is 53.6 Å². The number of rotatable bonds is 9. The van der Waals surface area contributed by atoms with Gasteiger partial charge in [-0.25, -0.2) is 0 Å². The first-order chi connectivity index (χ1) is 13.3. The van der Waals surface area contributed by atoms with Gasteiger partial charge in [-0.05, 0) is 30.5 Å². The molecular weight excluding hydrogens is 356 g/mol. The standard InChI is InChI=1S/C22H30N2O4/c1-15(2)22(3,14-23)24-21(25)17-11-18(26-4)20(19(12-17)27-5)28-13-16-9-7-6-8-10-16/h6-12,15H,13-14,23H2,1-5H3,(H,24,25). The van der Waals surface area contributed by atoms with Crippen LogP contribution in [0, 0.1) is 5.92 Å². The number of nitrogens with two attached hydrogens (primary N) is 1. The summed E-state index contributed by atoms with van der Waals surface area (Å²) in [4.78, 5) is 12.8. The van der Waals surface area contributed by atoms with E-state index in [1.165, 1.54) is 14.2 Å². The average Bonchev–Trinajstić information content (AvgIpc) is 2.71. The van der Waals surface area contributed by atoms with Crippen LogP contribution in [-0.4, -0.2) is 32.2 Å². The molecule has 0 aliphatic rings. The first kappa shape index (κ1) is 21.6. The van der Waals surface area contributed by atoms with E-state index in [1.54, 1.807) is 12.1 Å². The number of carbonyl (C=O) groups is 1. The van der Waals surface area contributed by atoms with Crippen LogP contribution in [0.15, 0.2) is 42.5 Å². The minimum Gasteiger partial charge on any atom is -0.493 e. The van der Waals surface area contributed by atoms with Crippen molar-refractivity contribution in [2.45, 2.75) is 32.9 Å². The molecule has 0 saturated heterocycles. The molecule has 0 radical (unpaired) electrons. The molecule has 0 aromatic heterocycles. The van der Waals surface area contributed by atoms with Gasteiger partial charge in [0.25, 0.3) is 5.91 Å². The van der Waals surface area contributed by atoms with Gasteiger partial charge < -0.3 is 25.3 Å². The molecule has 2 aromatic rings. The molecule has 0 heterocycles. The van der Waals surface area contributed by atoms with Gasteiger partial charge in [-0.1, -0.05) is 44.2 Å². The van der Waals surface area contributed by atoms with Crippen molar-refractivity contribution >= 4 is 5.91 Å². The van der Waals surface area contributed by atoms with E-state index >= 15 is 0 Å². The Morgan fingerprint density at radius 2 is 1.68 bits per heavy atom. The predicted octanol–water partition coefficient (Wildman–Crippen LogP) is 3.39. The summed E-state index contributed by atoms with van der Waals surface area (Å²) in [6.07, 6.45) is 0. The van der Waals surface area contributed by atoms with Crippen molar-refractivity contribution in [1.82, 2.24) is 5.32 Å². The van der Waals surface area contributed by atoms with Crippen LogP contribution in [0.25, 0.3) is 0 Å². The highest BCUT2D eigenvalue weighted by Crippen LogP contribution is 2.39. The number of methoxy groups -OCH3 is 2. The average molecular weight is 386 g/mol. The summed E-state index contributed by atoms with van der Waals surface area (Å²) in [6.45, 7) is 6.67. The Kier molecular flexibility index (Phi) is 7.29. The fourth-order valence-electron chi connectivity index (χ4n) is 2.65. The second-order valence-electron chi connectivity index (χ2n) is 7.21. The molecule has 0 spiro atoms. The molecule has 28 heavy (non-hydrogen) atoms. The third-order valence-corrected chi connectivity index (χ3v) is 5.05. The highest BCUT2D eigenvalue weighted by Gasteiger charge is 2.29. The Hall–Kier alpha value is -2.73. The SMILES string of the molecule is COc1cc(C(=O)NC(C)(CN)C(C)C)cc(OC)c1OCc1ccccc1. The molecule has 2 aromatic carbocycles. The van der Waals surface area contributed by atoms with E-state index in [4.69, 9.17) is 19.9 Å². The predicted molar refractivity (Wildman–Crippen MR) is 110 cm³/mol. The van der Waals surface area contributed by atoms with Crippen LogP contribution >= 0.6 is 0 Å². The van der Waals surface area contributed by atoms with Crippen LogP contribution in [0.1, 0.15) is 36.7 Å². The van der Waals surface area contributed by atoms with Gasteiger partial charge in [-0.2, -0.15) is 0 Å². The largest absolute Gasteiger partial charge is 0.493 e. The highest BCUT2D eigenvalue weighted by atomic mass is 16.5. The van der Waals surface area contributed by atoms with Gasteiger partial charge in [-0.3, -0.25) is 4.79 Å². The van der Waals surface area contributed by atoms with Gasteiger partial charge in [0.2, 0.25) is 5.75 Å². The maximum atomic E-state index is 12.8. The zero-order valence-corrected chi connectivity index (χ0v) is 17.2. The number of hydrogen-bond acceptors (Lipinski definition) is 5. The van der Waals surface area contributed by atoms with Crippen LogP contribution in [0.4, 0.5) is 0 Å². The summed E-state index contributed by atoms with van der Waals surface area (Å²) in [5.74, 6) is 1.25. The van der Waals surface area contributed by atoms with Crippen LogP contribution in [0.5, 0.6) is 17.2 Å². The van der Waals surface area contributed by atoms with Crippen molar-refractivity contribution in [1.29, 1.82) is 0 Å². The fraction of sp³-hybridized carbons (Fsp3) is 0.409. The van der Waals surface area contributed by atoms with E-state index in [-0.39, 0.29) is 11.8 Å². The Labute approximate surface area is 167 Å². The van der Waals surface area contributed by atoms with E-state index in [9.17, 15) is 4.79 Å². The third-order valence-electron chi connectivity index (χ3n) is 5.05. The minimum atomic E-state index is -0.514. The summed E-state index contributed by atoms with van der Waals surface area (Å²) in [5, 5.41) is 3.02. The Morgan fingerprint density at radius 1 is 1.11 bits per heavy atom.